The maximum Gasteiger partial charge on any atom is 0.229 e. The van der Waals surface area contributed by atoms with Crippen LogP contribution >= 0.6 is 23.1 Å². The molecule has 0 bridgehead atoms. The molecule has 1 aliphatic rings. The monoisotopic (exact) mass is 456 g/mol. The van der Waals surface area contributed by atoms with Gasteiger partial charge >= 0.3 is 0 Å². The number of carbonyl (C=O) groups is 1. The van der Waals surface area contributed by atoms with E-state index in [4.69, 9.17) is 0 Å². The van der Waals surface area contributed by atoms with E-state index in [1.165, 1.54) is 45.6 Å². The number of nitrogens with one attached hydrogen (secondary N) is 1. The molecule has 1 aromatic heterocycles. The first kappa shape index (κ1) is 21.9. The summed E-state index contributed by atoms with van der Waals surface area (Å²) in [7, 11) is -3.64. The van der Waals surface area contributed by atoms with Crippen LogP contribution < -0.4 is 5.32 Å². The van der Waals surface area contributed by atoms with Crippen LogP contribution in [-0.2, 0) is 20.6 Å². The molecule has 1 N–H and O–H groups in total. The van der Waals surface area contributed by atoms with Crippen LogP contribution in [0, 0.1) is 11.7 Å². The van der Waals surface area contributed by atoms with Gasteiger partial charge in [0.15, 0.2) is 4.34 Å². The summed E-state index contributed by atoms with van der Waals surface area (Å²) in [6, 6.07) is 5.85. The lowest BCUT2D eigenvalue weighted by Crippen LogP contribution is -2.42. The number of nitrogens with zero attached hydrogens (tertiary/aromatic N) is 3. The Bertz CT molecular complexity index is 972. The highest BCUT2D eigenvalue weighted by atomic mass is 32.2. The maximum absolute atomic E-state index is 13.8. The first-order valence-corrected chi connectivity index (χ1v) is 12.4. The van der Waals surface area contributed by atoms with Crippen LogP contribution in [0.4, 0.5) is 9.52 Å². The van der Waals surface area contributed by atoms with Crippen LogP contribution in [0.5, 0.6) is 0 Å². The van der Waals surface area contributed by atoms with Crippen molar-refractivity contribution in [2.45, 2.75) is 22.9 Å². The van der Waals surface area contributed by atoms with Crippen molar-refractivity contribution in [2.75, 3.05) is 24.2 Å². The Morgan fingerprint density at radius 3 is 2.76 bits per heavy atom. The molecule has 2 heterocycles. The molecule has 0 radical (unpaired) electrons. The number of benzene rings is 1. The predicted molar refractivity (Wildman–Crippen MR) is 113 cm³/mol. The van der Waals surface area contributed by atoms with Crippen LogP contribution in [0.15, 0.2) is 41.3 Å². The highest BCUT2D eigenvalue weighted by Gasteiger charge is 2.32. The Morgan fingerprint density at radius 1 is 1.34 bits per heavy atom. The lowest BCUT2D eigenvalue weighted by Gasteiger charge is -2.30. The van der Waals surface area contributed by atoms with Crippen molar-refractivity contribution in [1.82, 2.24) is 14.5 Å². The largest absolute Gasteiger partial charge is 0.300 e. The molecule has 3 rings (SSSR count). The fraction of sp³-hybridized carbons (Fsp3) is 0.389. The van der Waals surface area contributed by atoms with Gasteiger partial charge in [0.25, 0.3) is 0 Å². The lowest BCUT2D eigenvalue weighted by atomic mass is 9.97. The van der Waals surface area contributed by atoms with Gasteiger partial charge in [-0.15, -0.1) is 16.8 Å². The first-order valence-electron chi connectivity index (χ1n) is 8.98. The molecule has 1 fully saturated rings. The number of hydrogen-bond acceptors (Lipinski definition) is 7. The van der Waals surface area contributed by atoms with E-state index in [0.29, 0.717) is 23.7 Å². The highest BCUT2D eigenvalue weighted by Crippen LogP contribution is 2.27. The number of piperidine rings is 1. The predicted octanol–water partition coefficient (Wildman–Crippen LogP) is 3.14. The van der Waals surface area contributed by atoms with Gasteiger partial charge in [0.05, 0.1) is 5.75 Å². The van der Waals surface area contributed by atoms with E-state index in [2.05, 4.69) is 22.1 Å². The summed E-state index contributed by atoms with van der Waals surface area (Å²) in [6.45, 7) is 4.10. The second-order valence-corrected chi connectivity index (χ2v) is 10.7. The van der Waals surface area contributed by atoms with Gasteiger partial charge in [0.2, 0.25) is 21.1 Å². The van der Waals surface area contributed by atoms with Crippen molar-refractivity contribution >= 4 is 44.2 Å². The van der Waals surface area contributed by atoms with Crippen LogP contribution in [0.1, 0.15) is 18.4 Å². The Balaban J connectivity index is 1.53. The van der Waals surface area contributed by atoms with E-state index in [9.17, 15) is 17.6 Å². The summed E-state index contributed by atoms with van der Waals surface area (Å²) in [6.07, 6.45) is 2.57. The SMILES string of the molecule is C=CCSc1nnc(NC(=O)C2CCN(S(=O)(=O)Cc3ccccc3F)CC2)s1. The zero-order valence-corrected chi connectivity index (χ0v) is 18.0. The molecular formula is C18H21FN4O3S3. The summed E-state index contributed by atoms with van der Waals surface area (Å²) in [5.74, 6) is -0.696. The Morgan fingerprint density at radius 2 is 2.07 bits per heavy atom. The number of sulfonamides is 1. The lowest BCUT2D eigenvalue weighted by molar-refractivity contribution is -0.120. The second-order valence-electron chi connectivity index (χ2n) is 6.48. The van der Waals surface area contributed by atoms with Gasteiger partial charge in [0, 0.05) is 30.3 Å². The average Bonchev–Trinajstić information content (AvgIpc) is 3.15. The summed E-state index contributed by atoms with van der Waals surface area (Å²) >= 11 is 2.78. The van der Waals surface area contributed by atoms with Crippen molar-refractivity contribution in [3.05, 3.63) is 48.3 Å². The van der Waals surface area contributed by atoms with Gasteiger partial charge in [-0.05, 0) is 18.9 Å². The Hall–Kier alpha value is -1.82. The Kier molecular flexibility index (Phi) is 7.38. The molecule has 1 aliphatic heterocycles. The number of halogens is 1. The topological polar surface area (TPSA) is 92.3 Å². The molecule has 0 spiro atoms. The number of aromatic nitrogens is 2. The van der Waals surface area contributed by atoms with Gasteiger partial charge in [-0.2, -0.15) is 0 Å². The van der Waals surface area contributed by atoms with E-state index in [1.807, 2.05) is 0 Å². The number of thioether (sulfide) groups is 1. The third-order valence-electron chi connectivity index (χ3n) is 4.48. The molecule has 11 heteroatoms. The molecule has 0 aliphatic carbocycles. The van der Waals surface area contributed by atoms with Gasteiger partial charge in [-0.1, -0.05) is 47.4 Å². The fourth-order valence-electron chi connectivity index (χ4n) is 2.96. The van der Waals surface area contributed by atoms with Crippen LogP contribution in [0.2, 0.25) is 0 Å². The van der Waals surface area contributed by atoms with Crippen LogP contribution in [0.25, 0.3) is 0 Å². The molecule has 1 aromatic carbocycles. The van der Waals surface area contributed by atoms with Crippen LogP contribution in [0.3, 0.4) is 0 Å². The fourth-order valence-corrected chi connectivity index (χ4v) is 6.05. The number of carbonyl (C=O) groups excluding carboxylic acids is 1. The average molecular weight is 457 g/mol. The zero-order valence-electron chi connectivity index (χ0n) is 15.6. The maximum atomic E-state index is 13.8. The number of anilines is 1. The summed E-state index contributed by atoms with van der Waals surface area (Å²) < 4.78 is 41.0. The minimum Gasteiger partial charge on any atom is -0.300 e. The molecule has 0 saturated carbocycles. The Labute approximate surface area is 177 Å². The van der Waals surface area contributed by atoms with Gasteiger partial charge in [-0.3, -0.25) is 4.79 Å². The van der Waals surface area contributed by atoms with Gasteiger partial charge in [0.1, 0.15) is 5.82 Å². The highest BCUT2D eigenvalue weighted by molar-refractivity contribution is 8.01. The van der Waals surface area contributed by atoms with Crippen molar-refractivity contribution in [3.8, 4) is 0 Å². The molecule has 0 atom stereocenters. The number of amides is 1. The molecule has 0 unspecified atom stereocenters. The molecule has 2 aromatic rings. The second kappa shape index (κ2) is 9.79. The van der Waals surface area contributed by atoms with Crippen LogP contribution in [-0.4, -0.2) is 47.7 Å². The van der Waals surface area contributed by atoms with E-state index in [0.717, 1.165) is 4.34 Å². The summed E-state index contributed by atoms with van der Waals surface area (Å²) in [4.78, 5) is 12.5. The molecule has 29 heavy (non-hydrogen) atoms. The smallest absolute Gasteiger partial charge is 0.229 e. The van der Waals surface area contributed by atoms with E-state index in [1.54, 1.807) is 12.1 Å². The van der Waals surface area contributed by atoms with Crippen molar-refractivity contribution in [3.63, 3.8) is 0 Å². The third kappa shape index (κ3) is 5.84. The standard InChI is InChI=1S/C18H21FN4O3S3/c1-2-11-27-18-22-21-17(28-18)20-16(24)13-7-9-23(10-8-13)29(25,26)12-14-5-3-4-6-15(14)19/h2-6,13H,1,7-12H2,(H,20,21,24). The number of rotatable bonds is 8. The normalized spacial score (nSPS) is 15.9. The van der Waals surface area contributed by atoms with Gasteiger partial charge < -0.3 is 5.32 Å². The molecular weight excluding hydrogens is 435 g/mol. The van der Waals surface area contributed by atoms with E-state index >= 15 is 0 Å². The minimum absolute atomic E-state index is 0.147. The third-order valence-corrected chi connectivity index (χ3v) is 8.27. The van der Waals surface area contributed by atoms with Gasteiger partial charge in [-0.25, -0.2) is 17.1 Å². The first-order chi connectivity index (χ1) is 13.9. The summed E-state index contributed by atoms with van der Waals surface area (Å²) in [5, 5.41) is 11.1. The van der Waals surface area contributed by atoms with E-state index < -0.39 is 15.8 Å². The van der Waals surface area contributed by atoms with Crippen molar-refractivity contribution in [2.24, 2.45) is 5.92 Å². The van der Waals surface area contributed by atoms with Crippen molar-refractivity contribution < 1.29 is 17.6 Å². The van der Waals surface area contributed by atoms with Crippen molar-refractivity contribution in [1.29, 1.82) is 0 Å². The molecule has 7 nitrogen and oxygen atoms in total. The minimum atomic E-state index is -3.64. The van der Waals surface area contributed by atoms with E-state index in [-0.39, 0.29) is 36.2 Å². The molecule has 1 saturated heterocycles. The molecule has 156 valence electrons. The quantitative estimate of drug-likeness (QED) is 0.373. The molecule has 1 amide bonds. The number of hydrogen-bond donors (Lipinski definition) is 1. The summed E-state index contributed by atoms with van der Waals surface area (Å²) in [5.41, 5.74) is 0.147. The zero-order chi connectivity index (χ0) is 20.9.